The number of H-pyrrole nitrogens is 1. The Bertz CT molecular complexity index is 1210. The second-order valence-corrected chi connectivity index (χ2v) is 9.79. The van der Waals surface area contributed by atoms with Gasteiger partial charge >= 0.3 is 0 Å². The smallest absolute Gasteiger partial charge is 0.273 e. The molecule has 1 saturated heterocycles. The number of benzene rings is 1. The fourth-order valence-corrected chi connectivity index (χ4v) is 4.60. The Morgan fingerprint density at radius 2 is 1.77 bits per heavy atom. The van der Waals surface area contributed by atoms with Crippen LogP contribution in [0.1, 0.15) is 31.5 Å². The predicted molar refractivity (Wildman–Crippen MR) is 121 cm³/mol. The molecule has 1 aromatic carbocycles. The second kappa shape index (κ2) is 8.39. The molecule has 1 aliphatic heterocycles. The van der Waals surface area contributed by atoms with Crippen molar-refractivity contribution in [2.24, 2.45) is 0 Å². The number of piperazine rings is 1. The third kappa shape index (κ3) is 4.62. The number of aromatic nitrogens is 3. The zero-order valence-corrected chi connectivity index (χ0v) is 18.9. The molecule has 8 nitrogen and oxygen atoms in total. The summed E-state index contributed by atoms with van der Waals surface area (Å²) in [6.45, 7) is 9.75. The van der Waals surface area contributed by atoms with Crippen molar-refractivity contribution in [1.82, 2.24) is 24.6 Å². The number of fused-ring (bicyclic) bond motifs is 1. The fourth-order valence-electron chi connectivity index (χ4n) is 3.70. The van der Waals surface area contributed by atoms with E-state index < -0.39 is 0 Å². The maximum Gasteiger partial charge on any atom is 0.273 e. The van der Waals surface area contributed by atoms with Gasteiger partial charge in [-0.1, -0.05) is 32.9 Å². The third-order valence-corrected chi connectivity index (χ3v) is 6.80. The number of aromatic amines is 1. The van der Waals surface area contributed by atoms with Crippen LogP contribution in [-0.4, -0.2) is 56.7 Å². The van der Waals surface area contributed by atoms with Crippen LogP contribution in [0.2, 0.25) is 0 Å². The van der Waals surface area contributed by atoms with E-state index in [1.54, 1.807) is 40.5 Å². The molecule has 2 aromatic heterocycles. The van der Waals surface area contributed by atoms with Crippen LogP contribution < -0.4 is 11.1 Å². The summed E-state index contributed by atoms with van der Waals surface area (Å²) in [7, 11) is 0. The number of nitrogens with one attached hydrogen (secondary N) is 1. The molecule has 1 aliphatic rings. The van der Waals surface area contributed by atoms with Crippen molar-refractivity contribution in [1.29, 1.82) is 0 Å². The highest BCUT2D eigenvalue weighted by atomic mass is 32.1. The van der Waals surface area contributed by atoms with Gasteiger partial charge in [0.05, 0.1) is 21.5 Å². The van der Waals surface area contributed by atoms with Crippen LogP contribution in [0.4, 0.5) is 0 Å². The highest BCUT2D eigenvalue weighted by Crippen LogP contribution is 2.26. The van der Waals surface area contributed by atoms with Crippen LogP contribution >= 0.6 is 11.3 Å². The monoisotopic (exact) mass is 441 g/mol. The Morgan fingerprint density at radius 3 is 2.42 bits per heavy atom. The summed E-state index contributed by atoms with van der Waals surface area (Å²) in [5, 5.41) is 6.43. The first-order chi connectivity index (χ1) is 14.7. The molecule has 0 bridgehead atoms. The van der Waals surface area contributed by atoms with Crippen LogP contribution in [0.25, 0.3) is 10.8 Å². The lowest BCUT2D eigenvalue weighted by molar-refractivity contribution is -0.133. The predicted octanol–water partition coefficient (Wildman–Crippen LogP) is 1.79. The Balaban J connectivity index is 1.37. The van der Waals surface area contributed by atoms with E-state index in [9.17, 15) is 14.4 Å². The third-order valence-electron chi connectivity index (χ3n) is 5.48. The Morgan fingerprint density at radius 1 is 1.10 bits per heavy atom. The normalized spacial score (nSPS) is 15.5. The minimum absolute atomic E-state index is 0.0514. The van der Waals surface area contributed by atoms with Gasteiger partial charge in [-0.15, -0.1) is 11.3 Å². The number of carbonyl (C=O) groups excluding carboxylic acids is 1. The lowest BCUT2D eigenvalue weighted by Gasteiger charge is -2.34. The molecule has 164 valence electrons. The Hall–Kier alpha value is -2.78. The van der Waals surface area contributed by atoms with Crippen molar-refractivity contribution in [3.63, 3.8) is 0 Å². The average molecular weight is 442 g/mol. The van der Waals surface area contributed by atoms with Crippen molar-refractivity contribution in [3.05, 3.63) is 61.1 Å². The van der Waals surface area contributed by atoms with E-state index in [4.69, 9.17) is 4.98 Å². The number of carbonyl (C=O) groups is 1. The van der Waals surface area contributed by atoms with Crippen LogP contribution in [0.15, 0.2) is 39.2 Å². The standard InChI is InChI=1S/C22H27N5O3S/c1-22(2,3)21-23-15(14-31-21)12-25-8-10-26(11-9-25)18(28)13-27-20(30)17-7-5-4-6-16(17)19(29)24-27/h4-7,14H,8-13H2,1-3H3,(H,24,29). The van der Waals surface area contributed by atoms with Gasteiger partial charge in [-0.25, -0.2) is 9.67 Å². The molecule has 0 atom stereocenters. The zero-order chi connectivity index (χ0) is 22.2. The SMILES string of the molecule is CC(C)(C)c1nc(CN2CCN(C(=O)Cn3[nH]c(=O)c4ccccc4c3=O)CC2)cs1. The number of hydrogen-bond acceptors (Lipinski definition) is 6. The van der Waals surface area contributed by atoms with Gasteiger partial charge in [0.15, 0.2) is 0 Å². The van der Waals surface area contributed by atoms with Gasteiger partial charge in [0.1, 0.15) is 6.54 Å². The van der Waals surface area contributed by atoms with E-state index in [-0.39, 0.29) is 29.0 Å². The van der Waals surface area contributed by atoms with Gasteiger partial charge in [-0.05, 0) is 12.1 Å². The molecule has 3 heterocycles. The van der Waals surface area contributed by atoms with Gasteiger partial charge in [-0.2, -0.15) is 0 Å². The molecule has 0 unspecified atom stereocenters. The van der Waals surface area contributed by atoms with E-state index in [1.807, 2.05) is 0 Å². The molecule has 0 radical (unpaired) electrons. The highest BCUT2D eigenvalue weighted by Gasteiger charge is 2.24. The maximum atomic E-state index is 12.8. The summed E-state index contributed by atoms with van der Waals surface area (Å²) in [6.07, 6.45) is 0. The van der Waals surface area contributed by atoms with Crippen LogP contribution in [0.3, 0.4) is 0 Å². The molecule has 0 saturated carbocycles. The first-order valence-electron chi connectivity index (χ1n) is 10.4. The van der Waals surface area contributed by atoms with E-state index in [0.717, 1.165) is 35.0 Å². The Kier molecular flexibility index (Phi) is 5.81. The number of rotatable bonds is 4. The number of thiazole rings is 1. The van der Waals surface area contributed by atoms with Gasteiger partial charge in [0, 0.05) is 43.5 Å². The van der Waals surface area contributed by atoms with Crippen LogP contribution in [0.5, 0.6) is 0 Å². The van der Waals surface area contributed by atoms with Crippen molar-refractivity contribution in [2.45, 2.75) is 39.3 Å². The fraction of sp³-hybridized carbons (Fsp3) is 0.455. The van der Waals surface area contributed by atoms with Gasteiger partial charge < -0.3 is 4.90 Å². The Labute approximate surface area is 184 Å². The van der Waals surface area contributed by atoms with Crippen LogP contribution in [0, 0.1) is 0 Å². The molecule has 0 spiro atoms. The maximum absolute atomic E-state index is 12.8. The number of hydrogen-bond donors (Lipinski definition) is 1. The minimum Gasteiger partial charge on any atom is -0.339 e. The molecule has 9 heteroatoms. The lowest BCUT2D eigenvalue weighted by Crippen LogP contribution is -2.50. The first kappa shape index (κ1) is 21.5. The zero-order valence-electron chi connectivity index (χ0n) is 18.1. The summed E-state index contributed by atoms with van der Waals surface area (Å²) in [5.41, 5.74) is 0.386. The van der Waals surface area contributed by atoms with E-state index in [1.165, 1.54) is 0 Å². The molecule has 4 rings (SSSR count). The van der Waals surface area contributed by atoms with E-state index in [0.29, 0.717) is 23.9 Å². The number of nitrogens with zero attached hydrogens (tertiary/aromatic N) is 4. The highest BCUT2D eigenvalue weighted by molar-refractivity contribution is 7.09. The summed E-state index contributed by atoms with van der Waals surface area (Å²) in [4.78, 5) is 46.4. The van der Waals surface area contributed by atoms with Crippen LogP contribution in [-0.2, 0) is 23.3 Å². The van der Waals surface area contributed by atoms with Crippen molar-refractivity contribution >= 4 is 28.0 Å². The molecule has 1 N–H and O–H groups in total. The molecular formula is C22H27N5O3S. The molecule has 1 fully saturated rings. The summed E-state index contributed by atoms with van der Waals surface area (Å²) in [5.74, 6) is -0.170. The summed E-state index contributed by atoms with van der Waals surface area (Å²) in [6, 6.07) is 6.63. The van der Waals surface area contributed by atoms with Crippen molar-refractivity contribution in [2.75, 3.05) is 26.2 Å². The van der Waals surface area contributed by atoms with Gasteiger partial charge in [0.2, 0.25) is 5.91 Å². The number of amides is 1. The average Bonchev–Trinajstić information content (AvgIpc) is 3.21. The van der Waals surface area contributed by atoms with E-state index >= 15 is 0 Å². The van der Waals surface area contributed by atoms with Gasteiger partial charge in [0.25, 0.3) is 11.1 Å². The van der Waals surface area contributed by atoms with Crippen molar-refractivity contribution < 1.29 is 4.79 Å². The molecule has 0 aliphatic carbocycles. The first-order valence-corrected chi connectivity index (χ1v) is 11.3. The minimum atomic E-state index is -0.370. The van der Waals surface area contributed by atoms with Gasteiger partial charge in [-0.3, -0.25) is 24.4 Å². The second-order valence-electron chi connectivity index (χ2n) is 8.93. The largest absolute Gasteiger partial charge is 0.339 e. The van der Waals surface area contributed by atoms with Crippen molar-refractivity contribution in [3.8, 4) is 0 Å². The lowest BCUT2D eigenvalue weighted by atomic mass is 9.98. The molecule has 3 aromatic rings. The topological polar surface area (TPSA) is 91.3 Å². The quantitative estimate of drug-likeness (QED) is 0.667. The summed E-state index contributed by atoms with van der Waals surface area (Å²) < 4.78 is 1.11. The molecule has 1 amide bonds. The summed E-state index contributed by atoms with van der Waals surface area (Å²) >= 11 is 1.69. The molecular weight excluding hydrogens is 414 g/mol. The van der Waals surface area contributed by atoms with E-state index in [2.05, 4.69) is 36.1 Å². The molecule has 31 heavy (non-hydrogen) atoms.